The molecule has 2 rings (SSSR count). The minimum absolute atomic E-state index is 0.0184. The average molecular weight is 418 g/mol. The van der Waals surface area contributed by atoms with Gasteiger partial charge in [-0.25, -0.2) is 6.57 Å². The fraction of sp³-hybridized carbons (Fsp3) is 0.652. The van der Waals surface area contributed by atoms with Crippen molar-refractivity contribution >= 4 is 14.1 Å². The number of fused-ring (bicyclic) bond motifs is 1. The van der Waals surface area contributed by atoms with Crippen LogP contribution in [-0.2, 0) is 15.6 Å². The maximum Gasteiger partial charge on any atom is 0.318 e. The van der Waals surface area contributed by atoms with Crippen LogP contribution in [0.25, 0.3) is 4.85 Å². The number of ketones is 1. The summed E-state index contributed by atoms with van der Waals surface area (Å²) in [6, 6.07) is 5.60. The quantitative estimate of drug-likeness (QED) is 0.405. The van der Waals surface area contributed by atoms with E-state index >= 15 is 0 Å². The van der Waals surface area contributed by atoms with Crippen molar-refractivity contribution in [2.24, 2.45) is 0 Å². The Bertz CT molecular complexity index is 778. The minimum Gasteiger partial charge on any atom is -0.496 e. The molecule has 1 aromatic carbocycles. The summed E-state index contributed by atoms with van der Waals surface area (Å²) in [4.78, 5) is 17.0. The Morgan fingerprint density at radius 3 is 2.52 bits per heavy atom. The van der Waals surface area contributed by atoms with Crippen LogP contribution >= 0.6 is 0 Å². The van der Waals surface area contributed by atoms with E-state index in [2.05, 4.69) is 38.7 Å². The van der Waals surface area contributed by atoms with Gasteiger partial charge in [0.2, 0.25) is 8.32 Å². The number of carbonyl (C=O) groups is 1. The van der Waals surface area contributed by atoms with Crippen molar-refractivity contribution in [3.8, 4) is 5.75 Å². The first kappa shape index (κ1) is 23.6. The maximum atomic E-state index is 13.3. The summed E-state index contributed by atoms with van der Waals surface area (Å²) in [6.07, 6.45) is 2.81. The standard InChI is InChI=1S/C23H35NO4Si/c1-22(2,3)29(7,8)28-20(24-4)13-10-15-23(27-6)16-14-17-18(21(23)25)11-9-12-19(17)26-5/h9,11-12,20H,10,13-16H2,1-3,5-8H3. The number of hydrogen-bond acceptors (Lipinski definition) is 4. The number of nitrogens with zero attached hydrogens (tertiary/aromatic N) is 1. The molecule has 2 atom stereocenters. The molecule has 29 heavy (non-hydrogen) atoms. The van der Waals surface area contributed by atoms with Crippen molar-refractivity contribution < 1.29 is 18.7 Å². The smallest absolute Gasteiger partial charge is 0.318 e. The summed E-state index contributed by atoms with van der Waals surface area (Å²) in [5.41, 5.74) is 0.827. The lowest BCUT2D eigenvalue weighted by Crippen LogP contribution is -2.45. The molecule has 0 heterocycles. The number of Topliss-reactive ketones (excluding diaryl/α,β-unsaturated/α-hetero) is 1. The van der Waals surface area contributed by atoms with Crippen LogP contribution in [0.1, 0.15) is 62.4 Å². The fourth-order valence-corrected chi connectivity index (χ4v) is 4.88. The molecule has 0 bridgehead atoms. The second kappa shape index (κ2) is 8.99. The van der Waals surface area contributed by atoms with Gasteiger partial charge in [-0.15, -0.1) is 0 Å². The van der Waals surface area contributed by atoms with Crippen molar-refractivity contribution in [3.05, 3.63) is 40.7 Å². The van der Waals surface area contributed by atoms with E-state index in [1.165, 1.54) is 0 Å². The number of hydrogen-bond donors (Lipinski definition) is 0. The Morgan fingerprint density at radius 2 is 1.97 bits per heavy atom. The maximum absolute atomic E-state index is 13.3. The zero-order valence-corrected chi connectivity index (χ0v) is 19.9. The Morgan fingerprint density at radius 1 is 1.28 bits per heavy atom. The third-order valence-electron chi connectivity index (χ3n) is 6.59. The van der Waals surface area contributed by atoms with Crippen LogP contribution in [0.2, 0.25) is 18.1 Å². The van der Waals surface area contributed by atoms with Crippen molar-refractivity contribution in [3.63, 3.8) is 0 Å². The van der Waals surface area contributed by atoms with E-state index in [9.17, 15) is 4.79 Å². The number of ether oxygens (including phenoxy) is 2. The lowest BCUT2D eigenvalue weighted by molar-refractivity contribution is -0.0133. The van der Waals surface area contributed by atoms with Crippen molar-refractivity contribution in [1.29, 1.82) is 0 Å². The average Bonchev–Trinajstić information content (AvgIpc) is 2.67. The van der Waals surface area contributed by atoms with Gasteiger partial charge in [0, 0.05) is 24.7 Å². The molecular formula is C23H35NO4Si. The van der Waals surface area contributed by atoms with Gasteiger partial charge in [0.1, 0.15) is 11.4 Å². The van der Waals surface area contributed by atoms with Crippen molar-refractivity contribution in [2.75, 3.05) is 14.2 Å². The van der Waals surface area contributed by atoms with Gasteiger partial charge in [0.15, 0.2) is 5.78 Å². The van der Waals surface area contributed by atoms with Crippen molar-refractivity contribution in [2.45, 2.75) is 82.8 Å². The van der Waals surface area contributed by atoms with Gasteiger partial charge in [-0.2, -0.15) is 0 Å². The SMILES string of the molecule is [C-]#[N+]C(CCCC1(OC)CCc2c(OC)cccc2C1=O)O[Si](C)(C)C(C)(C)C. The Labute approximate surface area is 176 Å². The highest BCUT2D eigenvalue weighted by Crippen LogP contribution is 2.40. The summed E-state index contributed by atoms with van der Waals surface area (Å²) in [5, 5.41) is 0.0613. The second-order valence-electron chi connectivity index (χ2n) is 9.37. The topological polar surface area (TPSA) is 49.1 Å². The highest BCUT2D eigenvalue weighted by Gasteiger charge is 2.44. The first-order chi connectivity index (χ1) is 13.5. The molecule has 0 saturated heterocycles. The monoisotopic (exact) mass is 417 g/mol. The summed E-state index contributed by atoms with van der Waals surface area (Å²) in [5.74, 6) is 0.779. The Hall–Kier alpha value is -1.68. The van der Waals surface area contributed by atoms with E-state index in [1.54, 1.807) is 14.2 Å². The van der Waals surface area contributed by atoms with Crippen LogP contribution < -0.4 is 4.74 Å². The summed E-state index contributed by atoms with van der Waals surface area (Å²) >= 11 is 0. The zero-order chi connectivity index (χ0) is 21.9. The van der Waals surface area contributed by atoms with Gasteiger partial charge in [-0.1, -0.05) is 32.9 Å². The first-order valence-corrected chi connectivity index (χ1v) is 13.2. The zero-order valence-electron chi connectivity index (χ0n) is 18.9. The second-order valence-corrected chi connectivity index (χ2v) is 14.1. The van der Waals surface area contributed by atoms with E-state index in [1.807, 2.05) is 18.2 Å². The van der Waals surface area contributed by atoms with Gasteiger partial charge in [0.25, 0.3) is 0 Å². The molecule has 0 amide bonds. The lowest BCUT2D eigenvalue weighted by atomic mass is 9.76. The van der Waals surface area contributed by atoms with Gasteiger partial charge < -0.3 is 13.9 Å². The van der Waals surface area contributed by atoms with Crippen LogP contribution in [0.4, 0.5) is 0 Å². The highest BCUT2D eigenvalue weighted by atomic mass is 28.4. The van der Waals surface area contributed by atoms with Crippen LogP contribution in [0.15, 0.2) is 18.2 Å². The predicted octanol–water partition coefficient (Wildman–Crippen LogP) is 5.65. The molecule has 0 aliphatic heterocycles. The van der Waals surface area contributed by atoms with Gasteiger partial charge in [-0.3, -0.25) is 9.64 Å². The highest BCUT2D eigenvalue weighted by molar-refractivity contribution is 6.74. The molecule has 0 saturated carbocycles. The number of methoxy groups -OCH3 is 2. The number of carbonyl (C=O) groups excluding carboxylic acids is 1. The van der Waals surface area contributed by atoms with E-state index in [4.69, 9.17) is 20.5 Å². The van der Waals surface area contributed by atoms with Gasteiger partial charge >= 0.3 is 6.23 Å². The van der Waals surface area contributed by atoms with E-state index in [-0.39, 0.29) is 10.8 Å². The number of rotatable bonds is 8. The fourth-order valence-electron chi connectivity index (χ4n) is 3.68. The van der Waals surface area contributed by atoms with Crippen LogP contribution in [-0.4, -0.2) is 40.1 Å². The molecule has 0 radical (unpaired) electrons. The third-order valence-corrected chi connectivity index (χ3v) is 11.1. The summed E-state index contributed by atoms with van der Waals surface area (Å²) in [6.45, 7) is 18.4. The molecule has 160 valence electrons. The molecule has 0 spiro atoms. The van der Waals surface area contributed by atoms with E-state index in [0.29, 0.717) is 31.2 Å². The van der Waals surface area contributed by atoms with Crippen molar-refractivity contribution in [1.82, 2.24) is 0 Å². The summed E-state index contributed by atoms with van der Waals surface area (Å²) in [7, 11) is 1.24. The number of benzene rings is 1. The molecule has 1 aromatic rings. The lowest BCUT2D eigenvalue weighted by Gasteiger charge is -2.37. The molecule has 0 N–H and O–H groups in total. The summed E-state index contributed by atoms with van der Waals surface area (Å²) < 4.78 is 17.5. The van der Waals surface area contributed by atoms with Crippen LogP contribution in [0, 0.1) is 6.57 Å². The Kier molecular flexibility index (Phi) is 7.31. The molecule has 1 aliphatic rings. The largest absolute Gasteiger partial charge is 0.496 e. The normalized spacial score (nSPS) is 20.7. The Balaban J connectivity index is 2.08. The molecule has 6 heteroatoms. The van der Waals surface area contributed by atoms with Crippen LogP contribution in [0.5, 0.6) is 5.75 Å². The minimum atomic E-state index is -2.00. The molecule has 2 unspecified atom stereocenters. The third kappa shape index (κ3) is 4.91. The molecule has 1 aliphatic carbocycles. The molecule has 0 fully saturated rings. The predicted molar refractivity (Wildman–Crippen MR) is 118 cm³/mol. The van der Waals surface area contributed by atoms with E-state index in [0.717, 1.165) is 17.7 Å². The van der Waals surface area contributed by atoms with Crippen LogP contribution in [0.3, 0.4) is 0 Å². The molecule has 5 nitrogen and oxygen atoms in total. The molecular weight excluding hydrogens is 382 g/mol. The first-order valence-electron chi connectivity index (χ1n) is 10.3. The molecule has 0 aromatic heterocycles. The van der Waals surface area contributed by atoms with Gasteiger partial charge in [0.05, 0.1) is 7.11 Å². The van der Waals surface area contributed by atoms with E-state index < -0.39 is 20.1 Å². The van der Waals surface area contributed by atoms with Gasteiger partial charge in [-0.05, 0) is 49.9 Å².